The zero-order valence-electron chi connectivity index (χ0n) is 14.2. The molecule has 0 radical (unpaired) electrons. The van der Waals surface area contributed by atoms with Crippen molar-refractivity contribution in [2.75, 3.05) is 0 Å². The number of hydrogen-bond donors (Lipinski definition) is 0. The maximum absolute atomic E-state index is 4.41. The van der Waals surface area contributed by atoms with Gasteiger partial charge in [-0.2, -0.15) is 9.59 Å². The van der Waals surface area contributed by atoms with Crippen molar-refractivity contribution in [3.63, 3.8) is 0 Å². The second-order valence-corrected chi connectivity index (χ2v) is 5.86. The largest absolute Gasteiger partial charge is 0.204 e. The maximum Gasteiger partial charge on any atom is 0.204 e. The summed E-state index contributed by atoms with van der Waals surface area (Å²) in [5, 5.41) is 25.2. The fourth-order valence-corrected chi connectivity index (χ4v) is 2.59. The maximum atomic E-state index is 4.41. The van der Waals surface area contributed by atoms with Crippen LogP contribution in [0.1, 0.15) is 12.8 Å². The molecule has 2 aromatic heterocycles. The summed E-state index contributed by atoms with van der Waals surface area (Å²) < 4.78 is 0. The van der Waals surface area contributed by atoms with Crippen LogP contribution in [0.25, 0.3) is 22.8 Å². The molecule has 4 aromatic rings. The molecule has 2 aromatic carbocycles. The summed E-state index contributed by atoms with van der Waals surface area (Å²) in [5.74, 6) is 1.30. The van der Waals surface area contributed by atoms with E-state index < -0.39 is 0 Å². The lowest BCUT2D eigenvalue weighted by atomic mass is 10.2. The fraction of sp³-hybridized carbons (Fsp3) is 0.222. The van der Waals surface area contributed by atoms with Crippen molar-refractivity contribution in [2.24, 2.45) is 0 Å². The molecule has 0 saturated heterocycles. The predicted octanol–water partition coefficient (Wildman–Crippen LogP) is 2.47. The van der Waals surface area contributed by atoms with Crippen LogP contribution in [0.5, 0.6) is 0 Å². The second kappa shape index (κ2) is 7.64. The van der Waals surface area contributed by atoms with Gasteiger partial charge in [0.05, 0.1) is 13.1 Å². The standard InChI is InChI=1S/C18H18N8/c1-3-9-15(10-4-1)17-19-23-25(21-17)13-7-8-14-26-22-18(20-24-26)16-11-5-2-6-12-16/h1-6,9-12H,7-8,13-14H2. The fourth-order valence-electron chi connectivity index (χ4n) is 2.59. The van der Waals surface area contributed by atoms with Gasteiger partial charge in [-0.25, -0.2) is 0 Å². The zero-order chi connectivity index (χ0) is 17.6. The van der Waals surface area contributed by atoms with Gasteiger partial charge in [0.2, 0.25) is 11.6 Å². The molecule has 26 heavy (non-hydrogen) atoms. The number of hydrogen-bond acceptors (Lipinski definition) is 6. The Balaban J connectivity index is 1.27. The minimum atomic E-state index is 0.649. The van der Waals surface area contributed by atoms with Crippen molar-refractivity contribution in [1.29, 1.82) is 0 Å². The minimum absolute atomic E-state index is 0.649. The topological polar surface area (TPSA) is 87.2 Å². The van der Waals surface area contributed by atoms with Gasteiger partial charge in [-0.05, 0) is 23.3 Å². The van der Waals surface area contributed by atoms with Gasteiger partial charge < -0.3 is 0 Å². The van der Waals surface area contributed by atoms with E-state index in [1.165, 1.54) is 0 Å². The lowest BCUT2D eigenvalue weighted by Crippen LogP contribution is -2.07. The van der Waals surface area contributed by atoms with Gasteiger partial charge in [0.25, 0.3) is 0 Å². The molecule has 0 atom stereocenters. The minimum Gasteiger partial charge on any atom is -0.164 e. The molecule has 0 aliphatic carbocycles. The lowest BCUT2D eigenvalue weighted by molar-refractivity contribution is 0.437. The molecule has 0 fully saturated rings. The van der Waals surface area contributed by atoms with Crippen molar-refractivity contribution < 1.29 is 0 Å². The number of rotatable bonds is 7. The molecule has 130 valence electrons. The van der Waals surface area contributed by atoms with Crippen LogP contribution in [0.3, 0.4) is 0 Å². The van der Waals surface area contributed by atoms with Gasteiger partial charge >= 0.3 is 0 Å². The van der Waals surface area contributed by atoms with Crippen LogP contribution in [0, 0.1) is 0 Å². The third kappa shape index (κ3) is 3.80. The average molecular weight is 346 g/mol. The number of tetrazole rings is 2. The van der Waals surface area contributed by atoms with Crippen LogP contribution in [0.2, 0.25) is 0 Å². The number of aromatic nitrogens is 8. The molecule has 0 unspecified atom stereocenters. The summed E-state index contributed by atoms with van der Waals surface area (Å²) in [6, 6.07) is 19.7. The monoisotopic (exact) mass is 346 g/mol. The van der Waals surface area contributed by atoms with E-state index in [-0.39, 0.29) is 0 Å². The Morgan fingerprint density at radius 1 is 0.577 bits per heavy atom. The van der Waals surface area contributed by atoms with Crippen LogP contribution >= 0.6 is 0 Å². The highest BCUT2D eigenvalue weighted by Crippen LogP contribution is 2.13. The highest BCUT2D eigenvalue weighted by molar-refractivity contribution is 5.53. The molecule has 0 saturated carbocycles. The Hall–Kier alpha value is -3.42. The Morgan fingerprint density at radius 2 is 1.00 bits per heavy atom. The van der Waals surface area contributed by atoms with E-state index in [9.17, 15) is 0 Å². The van der Waals surface area contributed by atoms with Crippen molar-refractivity contribution in [3.05, 3.63) is 60.7 Å². The third-order valence-electron chi connectivity index (χ3n) is 3.94. The third-order valence-corrected chi connectivity index (χ3v) is 3.94. The number of unbranched alkanes of at least 4 members (excludes halogenated alkanes) is 1. The quantitative estimate of drug-likeness (QED) is 0.478. The summed E-state index contributed by atoms with van der Waals surface area (Å²) in [4.78, 5) is 3.26. The van der Waals surface area contributed by atoms with E-state index in [0.29, 0.717) is 24.7 Å². The van der Waals surface area contributed by atoms with Gasteiger partial charge in [-0.3, -0.25) is 0 Å². The molecular formula is C18H18N8. The molecule has 0 aliphatic heterocycles. The summed E-state index contributed by atoms with van der Waals surface area (Å²) in [6.45, 7) is 1.42. The van der Waals surface area contributed by atoms with E-state index in [2.05, 4.69) is 30.8 Å². The molecule has 8 heteroatoms. The summed E-state index contributed by atoms with van der Waals surface area (Å²) in [5.41, 5.74) is 1.94. The van der Waals surface area contributed by atoms with Gasteiger partial charge in [0, 0.05) is 11.1 Å². The van der Waals surface area contributed by atoms with Gasteiger partial charge in [-0.15, -0.1) is 20.4 Å². The Bertz CT molecular complexity index is 866. The number of nitrogens with zero attached hydrogens (tertiary/aromatic N) is 8. The Labute approximate surface area is 150 Å². The first-order chi connectivity index (χ1) is 12.9. The van der Waals surface area contributed by atoms with Crippen LogP contribution in [0.15, 0.2) is 60.7 Å². The Morgan fingerprint density at radius 3 is 1.42 bits per heavy atom. The zero-order valence-corrected chi connectivity index (χ0v) is 14.2. The second-order valence-electron chi connectivity index (χ2n) is 5.86. The first kappa shape index (κ1) is 16.1. The number of aryl methyl sites for hydroxylation is 2. The summed E-state index contributed by atoms with van der Waals surface area (Å²) >= 11 is 0. The van der Waals surface area contributed by atoms with Gasteiger partial charge in [0.1, 0.15) is 0 Å². The Kier molecular flexibility index (Phi) is 4.72. The highest BCUT2D eigenvalue weighted by atomic mass is 15.6. The molecule has 0 spiro atoms. The van der Waals surface area contributed by atoms with Crippen LogP contribution < -0.4 is 0 Å². The molecule has 2 heterocycles. The van der Waals surface area contributed by atoms with Gasteiger partial charge in [0.15, 0.2) is 0 Å². The van der Waals surface area contributed by atoms with E-state index in [1.54, 1.807) is 9.59 Å². The molecule has 8 nitrogen and oxygen atoms in total. The van der Waals surface area contributed by atoms with E-state index in [0.717, 1.165) is 24.0 Å². The van der Waals surface area contributed by atoms with Crippen molar-refractivity contribution in [3.8, 4) is 22.8 Å². The van der Waals surface area contributed by atoms with Crippen LogP contribution in [-0.4, -0.2) is 40.4 Å². The molecule has 0 aliphatic rings. The van der Waals surface area contributed by atoms with Crippen molar-refractivity contribution in [2.45, 2.75) is 25.9 Å². The first-order valence-electron chi connectivity index (χ1n) is 8.55. The van der Waals surface area contributed by atoms with E-state index in [1.807, 2.05) is 60.7 Å². The van der Waals surface area contributed by atoms with Crippen LogP contribution in [-0.2, 0) is 13.1 Å². The lowest BCUT2D eigenvalue weighted by Gasteiger charge is -1.99. The summed E-state index contributed by atoms with van der Waals surface area (Å²) in [6.07, 6.45) is 1.82. The highest BCUT2D eigenvalue weighted by Gasteiger charge is 2.06. The van der Waals surface area contributed by atoms with Crippen molar-refractivity contribution in [1.82, 2.24) is 40.4 Å². The summed E-state index contributed by atoms with van der Waals surface area (Å²) in [7, 11) is 0. The predicted molar refractivity (Wildman–Crippen MR) is 95.7 cm³/mol. The van der Waals surface area contributed by atoms with E-state index in [4.69, 9.17) is 0 Å². The molecule has 0 N–H and O–H groups in total. The smallest absolute Gasteiger partial charge is 0.164 e. The molecule has 0 amide bonds. The molecule has 0 bridgehead atoms. The number of benzene rings is 2. The normalized spacial score (nSPS) is 10.9. The van der Waals surface area contributed by atoms with Crippen molar-refractivity contribution >= 4 is 0 Å². The van der Waals surface area contributed by atoms with Gasteiger partial charge in [-0.1, -0.05) is 60.7 Å². The average Bonchev–Trinajstić information content (AvgIpc) is 3.37. The first-order valence-corrected chi connectivity index (χ1v) is 8.55. The molecular weight excluding hydrogens is 328 g/mol. The SMILES string of the molecule is c1ccc(-c2nnn(CCCCn3nnc(-c4ccccc4)n3)n2)cc1. The molecule has 4 rings (SSSR count). The van der Waals surface area contributed by atoms with E-state index >= 15 is 0 Å². The van der Waals surface area contributed by atoms with Crippen LogP contribution in [0.4, 0.5) is 0 Å².